The molecule has 4 heteroatoms. The molecule has 1 atom stereocenters. The molecule has 4 nitrogen and oxygen atoms in total. The highest BCUT2D eigenvalue weighted by Gasteiger charge is 2.16. The molecule has 1 heterocycles. The van der Waals surface area contributed by atoms with E-state index in [0.717, 1.165) is 16.6 Å². The van der Waals surface area contributed by atoms with Gasteiger partial charge in [0.1, 0.15) is 6.07 Å². The van der Waals surface area contributed by atoms with Gasteiger partial charge in [-0.15, -0.1) is 0 Å². The highest BCUT2D eigenvalue weighted by atomic mass is 16.3. The summed E-state index contributed by atoms with van der Waals surface area (Å²) in [6.45, 7) is 1.95. The molecule has 0 aliphatic carbocycles. The zero-order valence-electron chi connectivity index (χ0n) is 10.5. The van der Waals surface area contributed by atoms with Crippen LogP contribution >= 0.6 is 0 Å². The fraction of sp³-hybridized carbons (Fsp3) is 0.286. The molecule has 18 heavy (non-hydrogen) atoms. The van der Waals surface area contributed by atoms with Gasteiger partial charge in [0.15, 0.2) is 0 Å². The molecule has 0 bridgehead atoms. The van der Waals surface area contributed by atoms with Crippen molar-refractivity contribution in [2.45, 2.75) is 13.0 Å². The standard InChI is InChI=1S/C14H15N3O/c1-10(9-18)17(2)14-11(7-15)8-16-13-6-4-3-5-12(13)14/h3-6,8,10,18H,9H2,1-2H3. The van der Waals surface area contributed by atoms with Crippen molar-refractivity contribution in [3.8, 4) is 6.07 Å². The number of pyridine rings is 1. The van der Waals surface area contributed by atoms with E-state index in [0.29, 0.717) is 5.56 Å². The van der Waals surface area contributed by atoms with E-state index >= 15 is 0 Å². The number of hydrogen-bond acceptors (Lipinski definition) is 4. The van der Waals surface area contributed by atoms with Gasteiger partial charge in [-0.3, -0.25) is 4.98 Å². The third-order valence-corrected chi connectivity index (χ3v) is 3.15. The number of fused-ring (bicyclic) bond motifs is 1. The first-order chi connectivity index (χ1) is 8.69. The lowest BCUT2D eigenvalue weighted by atomic mass is 10.1. The zero-order chi connectivity index (χ0) is 13.1. The summed E-state index contributed by atoms with van der Waals surface area (Å²) in [7, 11) is 1.88. The number of nitriles is 1. The minimum absolute atomic E-state index is 0.0397. The van der Waals surface area contributed by atoms with E-state index in [2.05, 4.69) is 11.1 Å². The van der Waals surface area contributed by atoms with Gasteiger partial charge >= 0.3 is 0 Å². The number of aliphatic hydroxyl groups is 1. The van der Waals surface area contributed by atoms with Crippen molar-refractivity contribution in [1.82, 2.24) is 4.98 Å². The minimum atomic E-state index is -0.0529. The molecule has 0 aliphatic rings. The number of rotatable bonds is 3. The predicted octanol–water partition coefficient (Wildman–Crippen LogP) is 1.92. The first-order valence-corrected chi connectivity index (χ1v) is 5.80. The average Bonchev–Trinajstić information content (AvgIpc) is 2.44. The molecule has 2 rings (SSSR count). The number of nitrogens with zero attached hydrogens (tertiary/aromatic N) is 3. The van der Waals surface area contributed by atoms with Gasteiger partial charge in [0.25, 0.3) is 0 Å². The van der Waals surface area contributed by atoms with Gasteiger partial charge in [-0.1, -0.05) is 18.2 Å². The molecule has 1 N–H and O–H groups in total. The van der Waals surface area contributed by atoms with Crippen molar-refractivity contribution in [1.29, 1.82) is 5.26 Å². The van der Waals surface area contributed by atoms with E-state index < -0.39 is 0 Å². The number of para-hydroxylation sites is 1. The smallest absolute Gasteiger partial charge is 0.103 e. The summed E-state index contributed by atoms with van der Waals surface area (Å²) in [4.78, 5) is 6.19. The Morgan fingerprint density at radius 2 is 2.17 bits per heavy atom. The fourth-order valence-corrected chi connectivity index (χ4v) is 1.93. The molecule has 0 saturated heterocycles. The molecule has 0 spiro atoms. The first kappa shape index (κ1) is 12.3. The largest absolute Gasteiger partial charge is 0.394 e. The number of benzene rings is 1. The van der Waals surface area contributed by atoms with Gasteiger partial charge < -0.3 is 10.0 Å². The Bertz CT molecular complexity index is 604. The first-order valence-electron chi connectivity index (χ1n) is 5.80. The lowest BCUT2D eigenvalue weighted by molar-refractivity contribution is 0.270. The maximum Gasteiger partial charge on any atom is 0.103 e. The van der Waals surface area contributed by atoms with Crippen molar-refractivity contribution in [2.24, 2.45) is 0 Å². The van der Waals surface area contributed by atoms with Crippen LogP contribution in [0.2, 0.25) is 0 Å². The molecular formula is C14H15N3O. The molecule has 2 aromatic rings. The molecule has 1 aromatic carbocycles. The third kappa shape index (κ3) is 2.01. The molecule has 0 saturated carbocycles. The van der Waals surface area contributed by atoms with Crippen LogP contribution in [0.5, 0.6) is 0 Å². The molecule has 0 aliphatic heterocycles. The van der Waals surface area contributed by atoms with Gasteiger partial charge in [0.05, 0.1) is 23.4 Å². The Hall–Kier alpha value is -2.12. The number of aromatic nitrogens is 1. The molecular weight excluding hydrogens is 226 g/mol. The van der Waals surface area contributed by atoms with Crippen LogP contribution in [0.15, 0.2) is 30.5 Å². The minimum Gasteiger partial charge on any atom is -0.394 e. The highest BCUT2D eigenvalue weighted by Crippen LogP contribution is 2.29. The van der Waals surface area contributed by atoms with E-state index in [1.54, 1.807) is 6.20 Å². The third-order valence-electron chi connectivity index (χ3n) is 3.15. The van der Waals surface area contributed by atoms with E-state index in [4.69, 9.17) is 0 Å². The second-order valence-electron chi connectivity index (χ2n) is 4.29. The summed E-state index contributed by atoms with van der Waals surface area (Å²) in [6.07, 6.45) is 1.58. The number of hydrogen-bond donors (Lipinski definition) is 1. The molecule has 92 valence electrons. The topological polar surface area (TPSA) is 60.1 Å². The SMILES string of the molecule is CC(CO)N(C)c1c(C#N)cnc2ccccc12. The fourth-order valence-electron chi connectivity index (χ4n) is 1.93. The summed E-state index contributed by atoms with van der Waals surface area (Å²) in [6, 6.07) is 9.81. The van der Waals surface area contributed by atoms with Crippen molar-refractivity contribution in [3.63, 3.8) is 0 Å². The lowest BCUT2D eigenvalue weighted by Crippen LogP contribution is -2.32. The maximum atomic E-state index is 9.26. The Balaban J connectivity index is 2.69. The van der Waals surface area contributed by atoms with Crippen molar-refractivity contribution < 1.29 is 5.11 Å². The summed E-state index contributed by atoms with van der Waals surface area (Å²) in [5.41, 5.74) is 2.20. The van der Waals surface area contributed by atoms with E-state index in [-0.39, 0.29) is 12.6 Å². The predicted molar refractivity (Wildman–Crippen MR) is 71.4 cm³/mol. The van der Waals surface area contributed by atoms with Crippen LogP contribution in [-0.2, 0) is 0 Å². The summed E-state index contributed by atoms with van der Waals surface area (Å²) in [5.74, 6) is 0. The van der Waals surface area contributed by atoms with Crippen LogP contribution in [0, 0.1) is 11.3 Å². The summed E-state index contributed by atoms with van der Waals surface area (Å²) < 4.78 is 0. The van der Waals surface area contributed by atoms with Gasteiger partial charge in [0, 0.05) is 24.7 Å². The Morgan fingerprint density at radius 3 is 2.83 bits per heavy atom. The normalized spacial score (nSPS) is 12.1. The molecule has 1 unspecified atom stereocenters. The van der Waals surface area contributed by atoms with Crippen LogP contribution < -0.4 is 4.90 Å². The van der Waals surface area contributed by atoms with Crippen LogP contribution in [0.3, 0.4) is 0 Å². The van der Waals surface area contributed by atoms with Crippen LogP contribution in [0.25, 0.3) is 10.9 Å². The number of anilines is 1. The Labute approximate surface area is 106 Å². The van der Waals surface area contributed by atoms with Crippen molar-refractivity contribution in [2.75, 3.05) is 18.6 Å². The van der Waals surface area contributed by atoms with Crippen LogP contribution in [0.1, 0.15) is 12.5 Å². The van der Waals surface area contributed by atoms with E-state index in [9.17, 15) is 10.4 Å². The van der Waals surface area contributed by atoms with Gasteiger partial charge in [-0.25, -0.2) is 0 Å². The number of aliphatic hydroxyl groups excluding tert-OH is 1. The molecule has 1 aromatic heterocycles. The second kappa shape index (κ2) is 5.03. The van der Waals surface area contributed by atoms with Gasteiger partial charge in [-0.05, 0) is 13.0 Å². The quantitative estimate of drug-likeness (QED) is 0.892. The summed E-state index contributed by atoms with van der Waals surface area (Å²) >= 11 is 0. The van der Waals surface area contributed by atoms with Crippen LogP contribution in [0.4, 0.5) is 5.69 Å². The second-order valence-corrected chi connectivity index (χ2v) is 4.29. The van der Waals surface area contributed by atoms with Gasteiger partial charge in [-0.2, -0.15) is 5.26 Å². The molecule has 0 fully saturated rings. The van der Waals surface area contributed by atoms with Crippen LogP contribution in [-0.4, -0.2) is 29.8 Å². The molecule has 0 amide bonds. The summed E-state index contributed by atoms with van der Waals surface area (Å²) in [5, 5.41) is 19.4. The van der Waals surface area contributed by atoms with Gasteiger partial charge in [0.2, 0.25) is 0 Å². The average molecular weight is 241 g/mol. The number of likely N-dealkylation sites (N-methyl/N-ethyl adjacent to an activating group) is 1. The maximum absolute atomic E-state index is 9.26. The Morgan fingerprint density at radius 1 is 1.44 bits per heavy atom. The Kier molecular flexibility index (Phi) is 3.45. The van der Waals surface area contributed by atoms with Crippen molar-refractivity contribution in [3.05, 3.63) is 36.0 Å². The lowest BCUT2D eigenvalue weighted by Gasteiger charge is -2.27. The van der Waals surface area contributed by atoms with E-state index in [1.807, 2.05) is 43.1 Å². The monoisotopic (exact) mass is 241 g/mol. The highest BCUT2D eigenvalue weighted by molar-refractivity contribution is 5.94. The zero-order valence-corrected chi connectivity index (χ0v) is 10.5. The van der Waals surface area contributed by atoms with E-state index in [1.165, 1.54) is 0 Å². The molecule has 0 radical (unpaired) electrons. The van der Waals surface area contributed by atoms with Crippen molar-refractivity contribution >= 4 is 16.6 Å².